The van der Waals surface area contributed by atoms with Crippen LogP contribution in [-0.4, -0.2) is 18.0 Å². The zero-order chi connectivity index (χ0) is 17.5. The molecular formula is C19H23NO3S. The van der Waals surface area contributed by atoms with Crippen molar-refractivity contribution in [3.8, 4) is 0 Å². The third-order valence-corrected chi connectivity index (χ3v) is 4.39. The minimum absolute atomic E-state index is 0.247. The normalized spacial score (nSPS) is 12.0. The van der Waals surface area contributed by atoms with Gasteiger partial charge in [0, 0.05) is 6.54 Å². The van der Waals surface area contributed by atoms with Gasteiger partial charge in [0.15, 0.2) is 6.10 Å². The van der Waals surface area contributed by atoms with E-state index in [1.807, 2.05) is 50.4 Å². The lowest BCUT2D eigenvalue weighted by molar-refractivity contribution is -0.130. The maximum absolute atomic E-state index is 12.4. The van der Waals surface area contributed by atoms with Gasteiger partial charge in [0.1, 0.15) is 4.88 Å². The fourth-order valence-electron chi connectivity index (χ4n) is 2.23. The highest BCUT2D eigenvalue weighted by Crippen LogP contribution is 2.15. The van der Waals surface area contributed by atoms with Crippen LogP contribution in [0.15, 0.2) is 41.8 Å². The average molecular weight is 345 g/mol. The summed E-state index contributed by atoms with van der Waals surface area (Å²) in [6.45, 7) is 6.44. The molecule has 2 aromatic rings. The Balaban J connectivity index is 1.96. The molecule has 1 aromatic carbocycles. The molecule has 1 atom stereocenters. The Morgan fingerprint density at radius 1 is 1.17 bits per heavy atom. The van der Waals surface area contributed by atoms with Crippen LogP contribution in [0.1, 0.15) is 41.1 Å². The first-order valence-electron chi connectivity index (χ1n) is 8.03. The van der Waals surface area contributed by atoms with Crippen molar-refractivity contribution in [2.24, 2.45) is 5.92 Å². The number of aryl methyl sites for hydroxylation is 1. The molecule has 128 valence electrons. The molecule has 2 rings (SSSR count). The van der Waals surface area contributed by atoms with E-state index in [1.165, 1.54) is 16.9 Å². The molecule has 1 heterocycles. The lowest BCUT2D eigenvalue weighted by Gasteiger charge is -2.19. The molecule has 5 heteroatoms. The molecule has 0 aliphatic carbocycles. The third-order valence-electron chi connectivity index (χ3n) is 3.54. The topological polar surface area (TPSA) is 55.4 Å². The summed E-state index contributed by atoms with van der Waals surface area (Å²) in [5.41, 5.74) is 2.19. The summed E-state index contributed by atoms with van der Waals surface area (Å²) in [6, 6.07) is 11.4. The Kier molecular flexibility index (Phi) is 6.55. The van der Waals surface area contributed by atoms with E-state index >= 15 is 0 Å². The first kappa shape index (κ1) is 18.2. The number of esters is 1. The Morgan fingerprint density at radius 3 is 2.46 bits per heavy atom. The predicted octanol–water partition coefficient (Wildman–Crippen LogP) is 3.94. The number of carbonyl (C=O) groups is 2. The van der Waals surface area contributed by atoms with E-state index in [1.54, 1.807) is 12.1 Å². The summed E-state index contributed by atoms with van der Waals surface area (Å²) < 4.78 is 5.43. The molecule has 1 unspecified atom stereocenters. The molecule has 0 bridgehead atoms. The monoisotopic (exact) mass is 345 g/mol. The molecule has 0 spiro atoms. The number of ether oxygens (including phenoxy) is 1. The third kappa shape index (κ3) is 5.49. The zero-order valence-corrected chi connectivity index (χ0v) is 15.1. The van der Waals surface area contributed by atoms with Gasteiger partial charge in [-0.15, -0.1) is 11.3 Å². The van der Waals surface area contributed by atoms with Crippen molar-refractivity contribution in [3.05, 3.63) is 57.8 Å². The maximum Gasteiger partial charge on any atom is 0.349 e. The highest BCUT2D eigenvalue weighted by molar-refractivity contribution is 7.11. The van der Waals surface area contributed by atoms with Crippen molar-refractivity contribution in [1.29, 1.82) is 0 Å². The van der Waals surface area contributed by atoms with Crippen LogP contribution in [0.25, 0.3) is 0 Å². The molecule has 1 amide bonds. The van der Waals surface area contributed by atoms with E-state index in [0.717, 1.165) is 5.56 Å². The highest BCUT2D eigenvalue weighted by Gasteiger charge is 2.24. The number of hydrogen-bond donors (Lipinski definition) is 1. The minimum Gasteiger partial charge on any atom is -0.448 e. The number of hydrogen-bond acceptors (Lipinski definition) is 4. The second kappa shape index (κ2) is 8.64. The number of thiophene rings is 1. The van der Waals surface area contributed by atoms with Crippen molar-refractivity contribution < 1.29 is 14.3 Å². The lowest BCUT2D eigenvalue weighted by Crippen LogP contribution is -2.38. The van der Waals surface area contributed by atoms with Crippen molar-refractivity contribution in [1.82, 2.24) is 5.32 Å². The quantitative estimate of drug-likeness (QED) is 0.773. The van der Waals surface area contributed by atoms with Crippen LogP contribution in [0.5, 0.6) is 0 Å². The van der Waals surface area contributed by atoms with Gasteiger partial charge in [-0.3, -0.25) is 4.79 Å². The van der Waals surface area contributed by atoms with Crippen molar-refractivity contribution in [3.63, 3.8) is 0 Å². The molecule has 4 nitrogen and oxygen atoms in total. The highest BCUT2D eigenvalue weighted by atomic mass is 32.1. The van der Waals surface area contributed by atoms with E-state index in [2.05, 4.69) is 5.32 Å². The van der Waals surface area contributed by atoms with Gasteiger partial charge >= 0.3 is 5.97 Å². The number of nitrogens with one attached hydrogen (secondary N) is 1. The van der Waals surface area contributed by atoms with Gasteiger partial charge in [-0.2, -0.15) is 0 Å². The molecule has 1 aromatic heterocycles. The molecular weight excluding hydrogens is 322 g/mol. The van der Waals surface area contributed by atoms with Gasteiger partial charge in [-0.05, 0) is 36.3 Å². The Morgan fingerprint density at radius 2 is 1.88 bits per heavy atom. The van der Waals surface area contributed by atoms with Crippen LogP contribution < -0.4 is 5.32 Å². The van der Waals surface area contributed by atoms with Gasteiger partial charge in [-0.25, -0.2) is 4.79 Å². The molecule has 0 aliphatic heterocycles. The van der Waals surface area contributed by atoms with Crippen LogP contribution in [0.3, 0.4) is 0 Å². The SMILES string of the molecule is Cc1ccc(CNC(=O)C(CC(C)C)OC(=O)c2cccs2)cc1. The number of benzene rings is 1. The average Bonchev–Trinajstić information content (AvgIpc) is 3.07. The van der Waals surface area contributed by atoms with Gasteiger partial charge in [-0.1, -0.05) is 49.7 Å². The predicted molar refractivity (Wildman–Crippen MR) is 96.0 cm³/mol. The van der Waals surface area contributed by atoms with Gasteiger partial charge in [0.25, 0.3) is 5.91 Å². The van der Waals surface area contributed by atoms with Crippen LogP contribution in [0, 0.1) is 12.8 Å². The Bertz CT molecular complexity index is 662. The first-order chi connectivity index (χ1) is 11.5. The summed E-state index contributed by atoms with van der Waals surface area (Å²) in [7, 11) is 0. The fourth-order valence-corrected chi connectivity index (χ4v) is 2.83. The smallest absolute Gasteiger partial charge is 0.349 e. The van der Waals surface area contributed by atoms with E-state index < -0.39 is 12.1 Å². The summed E-state index contributed by atoms with van der Waals surface area (Å²) in [4.78, 5) is 25.1. The van der Waals surface area contributed by atoms with Gasteiger partial charge < -0.3 is 10.1 Å². The minimum atomic E-state index is -0.773. The van der Waals surface area contributed by atoms with E-state index in [4.69, 9.17) is 4.74 Å². The van der Waals surface area contributed by atoms with Gasteiger partial charge in [0.05, 0.1) is 0 Å². The Hall–Kier alpha value is -2.14. The second-order valence-electron chi connectivity index (χ2n) is 6.20. The van der Waals surface area contributed by atoms with Crippen LogP contribution in [-0.2, 0) is 16.1 Å². The second-order valence-corrected chi connectivity index (χ2v) is 7.15. The van der Waals surface area contributed by atoms with Gasteiger partial charge in [0.2, 0.25) is 0 Å². The number of rotatable bonds is 7. The molecule has 0 fully saturated rings. The van der Waals surface area contributed by atoms with E-state index in [0.29, 0.717) is 17.8 Å². The van der Waals surface area contributed by atoms with Crippen molar-refractivity contribution in [2.45, 2.75) is 39.8 Å². The number of carbonyl (C=O) groups excluding carboxylic acids is 2. The summed E-state index contributed by atoms with van der Waals surface area (Å²) in [5, 5.41) is 4.67. The maximum atomic E-state index is 12.4. The van der Waals surface area contributed by atoms with Crippen LogP contribution in [0.4, 0.5) is 0 Å². The fraction of sp³-hybridized carbons (Fsp3) is 0.368. The number of amides is 1. The largest absolute Gasteiger partial charge is 0.448 e. The zero-order valence-electron chi connectivity index (χ0n) is 14.2. The van der Waals surface area contributed by atoms with Crippen molar-refractivity contribution >= 4 is 23.2 Å². The van der Waals surface area contributed by atoms with Crippen LogP contribution >= 0.6 is 11.3 Å². The molecule has 0 saturated heterocycles. The van der Waals surface area contributed by atoms with Crippen LogP contribution in [0.2, 0.25) is 0 Å². The van der Waals surface area contributed by atoms with E-state index in [-0.39, 0.29) is 11.8 Å². The summed E-state index contributed by atoms with van der Waals surface area (Å²) in [5.74, 6) is -0.452. The summed E-state index contributed by atoms with van der Waals surface area (Å²) >= 11 is 1.31. The molecule has 24 heavy (non-hydrogen) atoms. The summed E-state index contributed by atoms with van der Waals surface area (Å²) in [6.07, 6.45) is -0.276. The molecule has 0 radical (unpaired) electrons. The molecule has 0 aliphatic rings. The lowest BCUT2D eigenvalue weighted by atomic mass is 10.1. The standard InChI is InChI=1S/C19H23NO3S/c1-13(2)11-16(23-19(22)17-5-4-10-24-17)18(21)20-12-15-8-6-14(3)7-9-15/h4-10,13,16H,11-12H2,1-3H3,(H,20,21). The first-order valence-corrected chi connectivity index (χ1v) is 8.91. The molecule has 1 N–H and O–H groups in total. The van der Waals surface area contributed by atoms with Crippen molar-refractivity contribution in [2.75, 3.05) is 0 Å². The Labute approximate surface area is 146 Å². The molecule has 0 saturated carbocycles. The van der Waals surface area contributed by atoms with E-state index in [9.17, 15) is 9.59 Å².